The fraction of sp³-hybridized carbons (Fsp3) is 1.00. The summed E-state index contributed by atoms with van der Waals surface area (Å²) in [4.78, 5) is 0. The van der Waals surface area contributed by atoms with Crippen molar-refractivity contribution in [2.24, 2.45) is 5.92 Å². The van der Waals surface area contributed by atoms with Gasteiger partial charge in [-0.1, -0.05) is 384 Å². The Morgan fingerprint density at radius 2 is 0.640 bits per heavy atom. The second-order valence-corrected chi connectivity index (χ2v) is 59.4. The van der Waals surface area contributed by atoms with Crippen LogP contribution in [0.3, 0.4) is 0 Å². The van der Waals surface area contributed by atoms with E-state index in [1.165, 1.54) is 0 Å². The fourth-order valence-corrected chi connectivity index (χ4v) is 34.5. The molecule has 0 rings (SSSR count). The Morgan fingerprint density at radius 1 is 0.360 bits per heavy atom. The third kappa shape index (κ3) is 9.78. The van der Waals surface area contributed by atoms with E-state index < -0.39 is 0 Å². The average Bonchev–Trinajstić information content (AvgIpc) is 2.21. The summed E-state index contributed by atoms with van der Waals surface area (Å²) in [5, 5.41) is 0. The molecule has 0 heterocycles. The minimum atomic E-state index is -0.00288. The number of alkyl halides is 17. The second-order valence-electron chi connectivity index (χ2n) is 4.36. The first-order valence-corrected chi connectivity index (χ1v) is 23.4. The van der Waals surface area contributed by atoms with E-state index in [2.05, 4.69) is 384 Å². The van der Waals surface area contributed by atoms with Crippen molar-refractivity contribution in [2.75, 3.05) is 0 Å². The van der Waals surface area contributed by atoms with Crippen LogP contribution in [0.5, 0.6) is 0 Å². The molecule has 0 amide bonds. The maximum atomic E-state index is 2.74. The smallest absolute Gasteiger partial charge is 0.0642 e. The molecule has 0 bridgehead atoms. The van der Waals surface area contributed by atoms with Gasteiger partial charge >= 0.3 is 0 Å². The van der Waals surface area contributed by atoms with Crippen LogP contribution in [0.15, 0.2) is 0 Å². The number of halogens is 17. The second kappa shape index (κ2) is 13.9. The zero-order chi connectivity index (χ0) is 21.1. The molecule has 25 heavy (non-hydrogen) atoms. The topological polar surface area (TPSA) is 0 Å². The highest BCUT2D eigenvalue weighted by Crippen LogP contribution is 2.77. The summed E-state index contributed by atoms with van der Waals surface area (Å²) >= 11 is 45.3. The molecule has 152 valence electrons. The molecule has 0 unspecified atom stereocenters. The summed E-state index contributed by atoms with van der Waals surface area (Å²) in [7, 11) is 0. The molecule has 0 aromatic carbocycles. The number of hydrogen-bond acceptors (Lipinski definition) is 0. The van der Waals surface area contributed by atoms with Crippen LogP contribution in [-0.2, 0) is 0 Å². The molecule has 0 aromatic rings. The molecule has 0 aliphatic heterocycles. The molecule has 17 heteroatoms. The van der Waals surface area contributed by atoms with Crippen LogP contribution < -0.4 is 0 Å². The molecular weight excluding hydrogens is 2250 g/mol. The van der Waals surface area contributed by atoms with Crippen LogP contribution in [0.2, 0.25) is 0 Å². The molecule has 0 saturated heterocycles. The van der Waals surface area contributed by atoms with Crippen molar-refractivity contribution in [3.63, 3.8) is 0 Å². The maximum Gasteiger partial charge on any atom is 0.149 e. The summed E-state index contributed by atoms with van der Waals surface area (Å²) in [6, 6.07) is 0. The van der Waals surface area contributed by atoms with Crippen LogP contribution in [0.1, 0.15) is 0 Å². The first kappa shape index (κ1) is 37.4. The third-order valence-electron chi connectivity index (χ3n) is 2.58. The van der Waals surface area contributed by atoms with E-state index in [0.717, 1.165) is 0 Å². The Hall–Kier alpha value is 12.4. The monoisotopic (exact) mass is 2250 g/mol. The quantitative estimate of drug-likeness (QED) is 0.176. The Balaban J connectivity index is 6.56. The van der Waals surface area contributed by atoms with E-state index in [9.17, 15) is 0 Å². The zero-order valence-electron chi connectivity index (χ0n) is 10.5. The first-order chi connectivity index (χ1) is 10.4. The molecule has 0 nitrogen and oxygen atoms in total. The molecule has 0 spiro atoms. The van der Waals surface area contributed by atoms with Gasteiger partial charge in [-0.15, -0.1) is 0 Å². The lowest BCUT2D eigenvalue weighted by molar-refractivity contribution is 0.576. The lowest BCUT2D eigenvalue weighted by atomic mass is 10.0. The highest BCUT2D eigenvalue weighted by molar-refractivity contribution is 14.3. The Kier molecular flexibility index (Phi) is 20.7. The lowest BCUT2D eigenvalue weighted by Gasteiger charge is -2.55. The van der Waals surface area contributed by atoms with Crippen LogP contribution in [-0.4, -0.2) is 4.02 Å². The minimum absolute atomic E-state index is 0.00288. The van der Waals surface area contributed by atoms with Crippen LogP contribution in [0.4, 0.5) is 0 Å². The van der Waals surface area contributed by atoms with Gasteiger partial charge in [-0.25, -0.2) is 0 Å². The van der Waals surface area contributed by atoms with Gasteiger partial charge in [0, 0.05) is 0 Å². The predicted molar refractivity (Wildman–Crippen MR) is 261 cm³/mol. The molecule has 0 atom stereocenters. The van der Waals surface area contributed by atoms with E-state index in [-0.39, 0.29) is 4.02 Å². The van der Waals surface area contributed by atoms with Gasteiger partial charge in [0.15, 0.2) is 0 Å². The molecule has 0 fully saturated rings. The fourth-order valence-electron chi connectivity index (χ4n) is 1.36. The van der Waals surface area contributed by atoms with Crippen molar-refractivity contribution >= 4 is 384 Å². The van der Waals surface area contributed by atoms with Gasteiger partial charge < -0.3 is 0 Å². The molecule has 0 N–H and O–H groups in total. The standard InChI is InChI=1S/C8HI17/c9-2(10,1(3(11,12)13)4(14,15)16)5(17,18)6(19,20)7(21,22)8(23,24)25/h1H. The van der Waals surface area contributed by atoms with Gasteiger partial charge in [0.25, 0.3) is 0 Å². The molecule has 0 aromatic heterocycles. The van der Waals surface area contributed by atoms with Gasteiger partial charge in [0.1, 0.15) is 4.02 Å². The van der Waals surface area contributed by atoms with Crippen LogP contribution in [0.25, 0.3) is 0 Å². The van der Waals surface area contributed by atoms with Crippen molar-refractivity contribution in [3.8, 4) is 0 Å². The summed E-state index contributed by atoms with van der Waals surface area (Å²) in [5.41, 5.74) is 0. The zero-order valence-corrected chi connectivity index (χ0v) is 47.2. The summed E-state index contributed by atoms with van der Waals surface area (Å²) in [6.07, 6.45) is 0. The minimum Gasteiger partial charge on any atom is -0.0642 e. The first-order valence-electron chi connectivity index (χ1n) is 5.08. The van der Waals surface area contributed by atoms with Crippen molar-refractivity contribution in [1.82, 2.24) is 0 Å². The van der Waals surface area contributed by atoms with Gasteiger partial charge in [0.05, 0.1) is 5.92 Å². The van der Waals surface area contributed by atoms with E-state index in [0.29, 0.717) is 5.92 Å². The summed E-state index contributed by atoms with van der Waals surface area (Å²) in [6.45, 7) is 0. The highest BCUT2D eigenvalue weighted by Gasteiger charge is 2.73. The summed E-state index contributed by atoms with van der Waals surface area (Å²) in [5.74, 6) is 0.464. The summed E-state index contributed by atoms with van der Waals surface area (Å²) < 4.78 is 0.385. The SMILES string of the molecule is IC(I)(I)C(C(I)(I)I)C(I)(I)C(I)(I)C(I)(I)C(I)(I)C(I)(I)I. The van der Waals surface area contributed by atoms with Crippen molar-refractivity contribution in [2.45, 2.75) is 4.02 Å². The van der Waals surface area contributed by atoms with E-state index in [1.54, 1.807) is 0 Å². The average molecular weight is 2250 g/mol. The molecular formula is C8HI17. The Labute approximate surface area is 381 Å². The maximum absolute atomic E-state index is 2.74. The van der Waals surface area contributed by atoms with E-state index in [4.69, 9.17) is 0 Å². The van der Waals surface area contributed by atoms with E-state index in [1.807, 2.05) is 0 Å². The molecule has 0 radical (unpaired) electrons. The molecule has 0 aliphatic carbocycles. The predicted octanol–water partition coefficient (Wildman–Crippen LogP) is 13.7. The number of rotatable bonds is 7. The lowest BCUT2D eigenvalue weighted by Crippen LogP contribution is -2.63. The van der Waals surface area contributed by atoms with Crippen molar-refractivity contribution < 1.29 is 0 Å². The van der Waals surface area contributed by atoms with Crippen molar-refractivity contribution in [1.29, 1.82) is 0 Å². The van der Waals surface area contributed by atoms with Crippen LogP contribution in [0, 0.1) is 5.92 Å². The third-order valence-corrected chi connectivity index (χ3v) is 40.0. The van der Waals surface area contributed by atoms with Crippen LogP contribution >= 0.6 is 384 Å². The van der Waals surface area contributed by atoms with Gasteiger partial charge in [-0.3, -0.25) is 0 Å². The number of hydrogen-bond donors (Lipinski definition) is 0. The van der Waals surface area contributed by atoms with Gasteiger partial charge in [-0.05, 0) is 0 Å². The molecule has 0 aliphatic rings. The normalized spacial score (nSPS) is 16.6. The highest BCUT2D eigenvalue weighted by atomic mass is 127. The van der Waals surface area contributed by atoms with Gasteiger partial charge in [-0.2, -0.15) is 0 Å². The Bertz CT molecular complexity index is 458. The van der Waals surface area contributed by atoms with Gasteiger partial charge in [0.2, 0.25) is 0 Å². The Morgan fingerprint density at radius 3 is 0.840 bits per heavy atom. The van der Waals surface area contributed by atoms with Crippen molar-refractivity contribution in [3.05, 3.63) is 0 Å². The largest absolute Gasteiger partial charge is 0.149 e. The molecule has 0 saturated carbocycles. The van der Waals surface area contributed by atoms with E-state index >= 15 is 0 Å².